The van der Waals surface area contributed by atoms with Crippen LogP contribution in [0.15, 0.2) is 54.6 Å². The van der Waals surface area contributed by atoms with Crippen molar-refractivity contribution in [3.8, 4) is 11.1 Å². The van der Waals surface area contributed by atoms with Gasteiger partial charge in [-0.05, 0) is 29.2 Å². The maximum Gasteiger partial charge on any atom is 0.407 e. The van der Waals surface area contributed by atoms with Gasteiger partial charge in [0.05, 0.1) is 0 Å². The number of aromatic nitrogens is 2. The second kappa shape index (κ2) is 9.15. The zero-order chi connectivity index (χ0) is 23.5. The van der Waals surface area contributed by atoms with E-state index in [1.54, 1.807) is 6.92 Å². The van der Waals surface area contributed by atoms with E-state index in [-0.39, 0.29) is 30.5 Å². The van der Waals surface area contributed by atoms with Gasteiger partial charge in [0.1, 0.15) is 12.3 Å². The number of aromatic carboxylic acids is 1. The van der Waals surface area contributed by atoms with E-state index in [1.165, 1.54) is 13.1 Å². The van der Waals surface area contributed by atoms with Gasteiger partial charge in [-0.15, -0.1) is 0 Å². The smallest absolute Gasteiger partial charge is 0.407 e. The molecule has 0 unspecified atom stereocenters. The van der Waals surface area contributed by atoms with Gasteiger partial charge >= 0.3 is 12.1 Å². The van der Waals surface area contributed by atoms with Gasteiger partial charge in [0, 0.05) is 31.5 Å². The number of carbonyl (C=O) groups is 3. The number of amides is 2. The average molecular weight is 448 g/mol. The molecule has 0 aliphatic heterocycles. The summed E-state index contributed by atoms with van der Waals surface area (Å²) < 4.78 is 6.66. The second-order valence-corrected chi connectivity index (χ2v) is 7.97. The van der Waals surface area contributed by atoms with Crippen LogP contribution in [-0.4, -0.2) is 45.5 Å². The molecule has 170 valence electrons. The van der Waals surface area contributed by atoms with Crippen LogP contribution >= 0.6 is 0 Å². The summed E-state index contributed by atoms with van der Waals surface area (Å²) in [6.07, 6.45) is -0.633. The summed E-state index contributed by atoms with van der Waals surface area (Å²) in [7, 11) is 1.47. The summed E-state index contributed by atoms with van der Waals surface area (Å²) >= 11 is 0. The first-order valence-corrected chi connectivity index (χ1v) is 10.5. The lowest BCUT2D eigenvalue weighted by molar-refractivity contribution is -0.116. The van der Waals surface area contributed by atoms with Crippen LogP contribution in [0.5, 0.6) is 0 Å². The predicted molar refractivity (Wildman–Crippen MR) is 121 cm³/mol. The Morgan fingerprint density at radius 3 is 2.27 bits per heavy atom. The standard InChI is InChI=1S/C24H24N4O5/c1-14(11-22(29)26-21-12-20(23(30)31)28(2)27-21)25-24(32)33-13-19-17-9-5-3-7-15(17)16-8-4-6-10-18(16)19/h3-10,12,14,19H,11,13H2,1-2H3,(H,25,32)(H,30,31)(H,26,27,29)/t14-/m1/s1. The minimum Gasteiger partial charge on any atom is -0.477 e. The summed E-state index contributed by atoms with van der Waals surface area (Å²) in [6, 6.07) is 16.9. The molecular weight excluding hydrogens is 424 g/mol. The molecule has 33 heavy (non-hydrogen) atoms. The minimum absolute atomic E-state index is 0.0246. The molecular formula is C24H24N4O5. The molecule has 3 N–H and O–H groups in total. The maximum atomic E-state index is 12.4. The van der Waals surface area contributed by atoms with Crippen molar-refractivity contribution in [2.45, 2.75) is 25.3 Å². The average Bonchev–Trinajstić information content (AvgIpc) is 3.29. The number of carboxylic acid groups (broad SMARTS) is 1. The van der Waals surface area contributed by atoms with Crippen molar-refractivity contribution in [2.75, 3.05) is 11.9 Å². The highest BCUT2D eigenvalue weighted by Crippen LogP contribution is 2.44. The monoisotopic (exact) mass is 448 g/mol. The Morgan fingerprint density at radius 1 is 1.09 bits per heavy atom. The van der Waals surface area contributed by atoms with Crippen molar-refractivity contribution in [2.24, 2.45) is 7.05 Å². The lowest BCUT2D eigenvalue weighted by Gasteiger charge is -2.17. The van der Waals surface area contributed by atoms with Crippen LogP contribution in [0.1, 0.15) is 40.9 Å². The molecule has 0 spiro atoms. The first kappa shape index (κ1) is 22.1. The zero-order valence-corrected chi connectivity index (χ0v) is 18.2. The van der Waals surface area contributed by atoms with Crippen LogP contribution < -0.4 is 10.6 Å². The number of fused-ring (bicyclic) bond motifs is 3. The number of rotatable bonds is 7. The third-order valence-electron chi connectivity index (χ3n) is 5.57. The molecule has 1 heterocycles. The van der Waals surface area contributed by atoms with Gasteiger partial charge in [0.15, 0.2) is 5.82 Å². The number of benzene rings is 2. The van der Waals surface area contributed by atoms with E-state index in [2.05, 4.69) is 27.9 Å². The number of carbonyl (C=O) groups excluding carboxylic acids is 2. The Kier molecular flexibility index (Phi) is 6.12. The topological polar surface area (TPSA) is 123 Å². The molecule has 1 aliphatic rings. The van der Waals surface area contributed by atoms with Gasteiger partial charge in [-0.25, -0.2) is 9.59 Å². The summed E-state index contributed by atoms with van der Waals surface area (Å²) in [5.74, 6) is -1.46. The number of ether oxygens (including phenoxy) is 1. The van der Waals surface area contributed by atoms with Gasteiger partial charge in [-0.3, -0.25) is 9.48 Å². The maximum absolute atomic E-state index is 12.4. The Hall–Kier alpha value is -4.14. The molecule has 9 nitrogen and oxygen atoms in total. The molecule has 0 bridgehead atoms. The van der Waals surface area contributed by atoms with E-state index in [0.717, 1.165) is 26.9 Å². The lowest BCUT2D eigenvalue weighted by Crippen LogP contribution is -2.36. The third-order valence-corrected chi connectivity index (χ3v) is 5.57. The first-order valence-electron chi connectivity index (χ1n) is 10.5. The van der Waals surface area contributed by atoms with Crippen LogP contribution in [0, 0.1) is 0 Å². The number of carboxylic acids is 1. The molecule has 0 saturated heterocycles. The van der Waals surface area contributed by atoms with E-state index >= 15 is 0 Å². The zero-order valence-electron chi connectivity index (χ0n) is 18.2. The fourth-order valence-corrected chi connectivity index (χ4v) is 4.09. The molecule has 9 heteroatoms. The number of anilines is 1. The number of hydrogen-bond acceptors (Lipinski definition) is 5. The van der Waals surface area contributed by atoms with Crippen LogP contribution in [-0.2, 0) is 16.6 Å². The van der Waals surface area contributed by atoms with Crippen LogP contribution in [0.4, 0.5) is 10.6 Å². The molecule has 0 fully saturated rings. The van der Waals surface area contributed by atoms with Crippen LogP contribution in [0.3, 0.4) is 0 Å². The highest BCUT2D eigenvalue weighted by atomic mass is 16.5. The summed E-state index contributed by atoms with van der Waals surface area (Å²) in [5.41, 5.74) is 4.49. The molecule has 2 aromatic carbocycles. The Morgan fingerprint density at radius 2 is 1.70 bits per heavy atom. The normalized spacial score (nSPS) is 13.0. The largest absolute Gasteiger partial charge is 0.477 e. The minimum atomic E-state index is -1.14. The number of nitrogens with one attached hydrogen (secondary N) is 2. The van der Waals surface area contributed by atoms with Crippen molar-refractivity contribution in [1.29, 1.82) is 0 Å². The van der Waals surface area contributed by atoms with Crippen LogP contribution in [0.25, 0.3) is 11.1 Å². The van der Waals surface area contributed by atoms with Crippen molar-refractivity contribution in [3.63, 3.8) is 0 Å². The predicted octanol–water partition coefficient (Wildman–Crippen LogP) is 3.37. The SMILES string of the molecule is C[C@H](CC(=O)Nc1cc(C(=O)O)n(C)n1)NC(=O)OCC1c2ccccc2-c2ccccc21. The van der Waals surface area contributed by atoms with Gasteiger partial charge in [-0.2, -0.15) is 5.10 Å². The highest BCUT2D eigenvalue weighted by molar-refractivity contribution is 5.92. The van der Waals surface area contributed by atoms with E-state index in [1.807, 2.05) is 36.4 Å². The van der Waals surface area contributed by atoms with E-state index < -0.39 is 24.0 Å². The Labute approximate surface area is 190 Å². The van der Waals surface area contributed by atoms with E-state index in [0.29, 0.717) is 0 Å². The van der Waals surface area contributed by atoms with Gasteiger partial charge in [-0.1, -0.05) is 48.5 Å². The van der Waals surface area contributed by atoms with Crippen LogP contribution in [0.2, 0.25) is 0 Å². The highest BCUT2D eigenvalue weighted by Gasteiger charge is 2.29. The summed E-state index contributed by atoms with van der Waals surface area (Å²) in [4.78, 5) is 35.7. The molecule has 1 aromatic heterocycles. The van der Waals surface area contributed by atoms with Gasteiger partial charge in [0.2, 0.25) is 5.91 Å². The van der Waals surface area contributed by atoms with Crippen molar-refractivity contribution in [3.05, 3.63) is 71.4 Å². The molecule has 3 aromatic rings. The van der Waals surface area contributed by atoms with Gasteiger partial charge in [0.25, 0.3) is 0 Å². The third kappa shape index (κ3) is 4.72. The Bertz CT molecular complexity index is 1170. The number of alkyl carbamates (subject to hydrolysis) is 1. The quantitative estimate of drug-likeness (QED) is 0.509. The Balaban J connectivity index is 1.30. The molecule has 2 amide bonds. The number of hydrogen-bond donors (Lipinski definition) is 3. The summed E-state index contributed by atoms with van der Waals surface area (Å²) in [6.45, 7) is 1.87. The number of nitrogens with zero attached hydrogens (tertiary/aromatic N) is 2. The van der Waals surface area contributed by atoms with Gasteiger partial charge < -0.3 is 20.5 Å². The lowest BCUT2D eigenvalue weighted by atomic mass is 9.98. The van der Waals surface area contributed by atoms with E-state index in [4.69, 9.17) is 9.84 Å². The molecule has 1 aliphatic carbocycles. The number of aryl methyl sites for hydroxylation is 1. The van der Waals surface area contributed by atoms with Crippen molar-refractivity contribution in [1.82, 2.24) is 15.1 Å². The molecule has 1 atom stereocenters. The van der Waals surface area contributed by atoms with E-state index in [9.17, 15) is 14.4 Å². The fourth-order valence-electron chi connectivity index (χ4n) is 4.09. The van der Waals surface area contributed by atoms with Crippen molar-refractivity contribution < 1.29 is 24.2 Å². The second-order valence-electron chi connectivity index (χ2n) is 7.97. The first-order chi connectivity index (χ1) is 15.8. The fraction of sp³-hybridized carbons (Fsp3) is 0.250. The summed E-state index contributed by atoms with van der Waals surface area (Å²) in [5, 5.41) is 18.2. The molecule has 4 rings (SSSR count). The molecule has 0 radical (unpaired) electrons. The molecule has 0 saturated carbocycles. The van der Waals surface area contributed by atoms with Crippen molar-refractivity contribution >= 4 is 23.8 Å².